The van der Waals surface area contributed by atoms with Crippen LogP contribution in [0.2, 0.25) is 0 Å². The summed E-state index contributed by atoms with van der Waals surface area (Å²) in [4.78, 5) is 0. The van der Waals surface area contributed by atoms with Crippen LogP contribution in [0.15, 0.2) is 0 Å². The third kappa shape index (κ3) is 2650. The maximum atomic E-state index is 8.63. The molecule has 0 aromatic heterocycles. The van der Waals surface area contributed by atoms with Crippen molar-refractivity contribution in [3.8, 4) is 0 Å². The summed E-state index contributed by atoms with van der Waals surface area (Å²) < 4.78 is 32.8. The molecule has 0 spiro atoms. The van der Waals surface area contributed by atoms with Gasteiger partial charge in [0.1, 0.15) is 0 Å². The van der Waals surface area contributed by atoms with Gasteiger partial charge in [0.2, 0.25) is 10.4 Å². The van der Waals surface area contributed by atoms with E-state index in [1.807, 2.05) is 0 Å². The smallest absolute Gasteiger partial charge is 0.215 e. The Hall–Kier alpha value is 0.823. The average molecular weight is 404 g/mol. The molecule has 0 aliphatic heterocycles. The normalized spacial score (nSPS) is 4.14. The minimum Gasteiger partial charge on any atom is -0.726 e. The fraction of sp³-hybridized carbons (Fsp3) is 0. The van der Waals surface area contributed by atoms with Gasteiger partial charge in [0, 0.05) is 38.2 Å². The fourth-order valence-corrected chi connectivity index (χ4v) is 0. The molecule has 0 aromatic carbocycles. The topological polar surface area (TPSA) is 329 Å². The van der Waals surface area contributed by atoms with Gasteiger partial charge in [-0.05, 0) is 0 Å². The minimum atomic E-state index is -4.92. The molecule has 0 unspecified atom stereocenters. The predicted molar refractivity (Wildman–Crippen MR) is 41.2 cm³/mol. The van der Waals surface area contributed by atoms with Crippen LogP contribution in [0.25, 0.3) is 0 Å². The van der Waals surface area contributed by atoms with Crippen LogP contribution >= 0.6 is 0 Å². The van der Waals surface area contributed by atoms with E-state index in [-0.39, 0.29) is 82.0 Å². The van der Waals surface area contributed by atoms with Gasteiger partial charge >= 0.3 is 0 Å². The molecule has 0 aliphatic rings. The first-order valence-corrected chi connectivity index (χ1v) is 2.05. The maximum absolute atomic E-state index is 8.63. The summed E-state index contributed by atoms with van der Waals surface area (Å²) in [5.41, 5.74) is 0. The Labute approximate surface area is 109 Å². The first kappa shape index (κ1) is 122. The summed E-state index contributed by atoms with van der Waals surface area (Å²) in [6.07, 6.45) is 0. The quantitative estimate of drug-likeness (QED) is 0.303. The van der Waals surface area contributed by atoms with E-state index in [4.69, 9.17) is 17.5 Å². The summed E-state index contributed by atoms with van der Waals surface area (Å²) in [5.74, 6) is 0. The van der Waals surface area contributed by atoms with Gasteiger partial charge in [-0.15, -0.1) is 0 Å². The van der Waals surface area contributed by atoms with Crippen molar-refractivity contribution in [3.05, 3.63) is 0 Å². The van der Waals surface area contributed by atoms with Crippen LogP contribution in [-0.4, -0.2) is 61.3 Å². The molecule has 0 aromatic rings. The molecular weight excluding hydrogens is 387 g/mol. The molecule has 0 heterocycles. The third-order valence-corrected chi connectivity index (χ3v) is 0. The minimum absolute atomic E-state index is 0. The van der Waals surface area contributed by atoms with Crippen LogP contribution in [-0.2, 0) is 10.4 Å². The Bertz CT molecular complexity index is 93.5. The van der Waals surface area contributed by atoms with Crippen LogP contribution in [0, 0.1) is 38.2 Å². The van der Waals surface area contributed by atoms with Crippen molar-refractivity contribution in [1.29, 1.82) is 0 Å². The van der Waals surface area contributed by atoms with Crippen LogP contribution in [0.3, 0.4) is 0 Å². The van der Waals surface area contributed by atoms with Gasteiger partial charge in [0.15, 0.2) is 0 Å². The molecule has 0 saturated carbocycles. The molecule has 12 nitrogen and oxygen atoms in total. The van der Waals surface area contributed by atoms with Crippen LogP contribution < -0.4 is 0 Å². The van der Waals surface area contributed by atoms with Gasteiger partial charge in [-0.25, -0.2) is 8.42 Å². The van der Waals surface area contributed by atoms with E-state index in [0.29, 0.717) is 0 Å². The van der Waals surface area contributed by atoms with Gasteiger partial charge in [0.25, 0.3) is 0 Å². The average Bonchev–Trinajstić information content (AvgIpc) is 0.722. The predicted octanol–water partition coefficient (Wildman–Crippen LogP) is -7.59. The fourth-order valence-electron chi connectivity index (χ4n) is 0. The summed E-state index contributed by atoms with van der Waals surface area (Å²) in [6, 6.07) is 0. The number of rotatable bonds is 0. The zero-order chi connectivity index (χ0) is 4.50. The van der Waals surface area contributed by atoms with Crippen molar-refractivity contribution >= 4 is 10.4 Å². The second-order valence-electron chi connectivity index (χ2n) is 0.428. The molecule has 0 atom stereocenters. The van der Waals surface area contributed by atoms with Gasteiger partial charge < -0.3 is 48.4 Å². The van der Waals surface area contributed by atoms with Gasteiger partial charge in [-0.2, -0.15) is 0 Å². The molecule has 0 amide bonds. The Kier molecular flexibility index (Phi) is 425. The maximum Gasteiger partial charge on any atom is 0.215 e. The number of hydrogen-bond donors (Lipinski definition) is 1. The van der Waals surface area contributed by atoms with Crippen molar-refractivity contribution in [2.75, 3.05) is 0 Å². The van der Waals surface area contributed by atoms with Crippen molar-refractivity contribution in [1.82, 2.24) is 0 Å². The Morgan fingerprint density at radius 1 is 0.714 bits per heavy atom. The molecule has 14 heteroatoms. The first-order chi connectivity index (χ1) is 2.00. The second-order valence-corrected chi connectivity index (χ2v) is 1.28. The summed E-state index contributed by atoms with van der Waals surface area (Å²) in [7, 11) is -4.92. The van der Waals surface area contributed by atoms with E-state index in [2.05, 4.69) is 0 Å². The first-order valence-electron chi connectivity index (χ1n) is 0.683. The monoisotopic (exact) mass is 405 g/mol. The van der Waals surface area contributed by atoms with E-state index in [1.54, 1.807) is 0 Å². The number of hydrogen-bond acceptors (Lipinski definition) is 3. The van der Waals surface area contributed by atoms with Crippen LogP contribution in [0.1, 0.15) is 0 Å². The third-order valence-electron chi connectivity index (χ3n) is 0. The van der Waals surface area contributed by atoms with E-state index in [0.717, 1.165) is 0 Å². The van der Waals surface area contributed by atoms with E-state index in [1.165, 1.54) is 0 Å². The van der Waals surface area contributed by atoms with Crippen LogP contribution in [0.4, 0.5) is 0 Å². The molecule has 17 N–H and O–H groups in total. The van der Waals surface area contributed by atoms with Gasteiger partial charge in [-0.3, -0.25) is 4.55 Å². The van der Waals surface area contributed by atoms with Gasteiger partial charge in [0.05, 0.1) is 0 Å². The van der Waals surface area contributed by atoms with Gasteiger partial charge in [-0.1, -0.05) is 0 Å². The summed E-state index contributed by atoms with van der Waals surface area (Å²) in [5, 5.41) is 0. The molecule has 14 heavy (non-hydrogen) atoms. The van der Waals surface area contributed by atoms with Crippen molar-refractivity contribution in [2.45, 2.75) is 0 Å². The summed E-state index contributed by atoms with van der Waals surface area (Å²) >= 11 is 0. The Balaban J connectivity index is -0.00000000222. The molecule has 0 saturated heterocycles. The molecule has 0 fully saturated rings. The Morgan fingerprint density at radius 2 is 0.714 bits per heavy atom. The molecule has 0 aliphatic carbocycles. The standard InChI is InChI=1S/Dy.H2O4S.8H2O/c;1-5(2,3)4;;;;;;;;/h;(H2,1,2,3,4);8*1H2/p-1. The van der Waals surface area contributed by atoms with Crippen LogP contribution in [0.5, 0.6) is 0 Å². The molecular formula is H17DyO12S-. The molecule has 0 bridgehead atoms. The SMILES string of the molecule is O.O.O.O.O.O.O.O.O=S(=O)([O-])O.[Dy]. The molecule has 0 radical (unpaired) electrons. The zero-order valence-electron chi connectivity index (χ0n) is 6.40. The van der Waals surface area contributed by atoms with Crippen molar-refractivity contribution in [3.63, 3.8) is 0 Å². The molecule has 106 valence electrons. The van der Waals surface area contributed by atoms with E-state index in [9.17, 15) is 0 Å². The van der Waals surface area contributed by atoms with Crippen molar-refractivity contribution < 1.29 is 99.5 Å². The summed E-state index contributed by atoms with van der Waals surface area (Å²) in [6.45, 7) is 0. The second kappa shape index (κ2) is 48.8. The molecule has 0 rings (SSSR count). The largest absolute Gasteiger partial charge is 0.726 e. The van der Waals surface area contributed by atoms with E-state index < -0.39 is 10.4 Å². The van der Waals surface area contributed by atoms with Crippen molar-refractivity contribution in [2.24, 2.45) is 0 Å². The Morgan fingerprint density at radius 3 is 0.714 bits per heavy atom. The zero-order valence-corrected chi connectivity index (χ0v) is 9.24. The van der Waals surface area contributed by atoms with E-state index >= 15 is 0 Å².